The molecule has 8 rings (SSSR count). The molecule has 3 aliphatic carbocycles. The molecule has 0 amide bonds. The summed E-state index contributed by atoms with van der Waals surface area (Å²) in [5.74, 6) is 0.701. The minimum Gasteiger partial charge on any atom is -0.136 e. The van der Waals surface area contributed by atoms with Crippen LogP contribution in [0.25, 0.3) is 27.3 Å². The number of rotatable bonds is 0. The molecule has 1 heterocycles. The van der Waals surface area contributed by atoms with E-state index in [0.717, 1.165) is 0 Å². The first-order valence-electron chi connectivity index (χ1n) is 11.5. The molecule has 2 heteroatoms. The second-order valence-corrected chi connectivity index (χ2v) is 11.3. The van der Waals surface area contributed by atoms with Gasteiger partial charge in [-0.05, 0) is 57.0 Å². The molecule has 0 bridgehead atoms. The van der Waals surface area contributed by atoms with E-state index in [1.54, 1.807) is 0 Å². The van der Waals surface area contributed by atoms with Gasteiger partial charge in [-0.2, -0.15) is 0 Å². The zero-order chi connectivity index (χ0) is 21.7. The molecule has 1 spiro atoms. The minimum atomic E-state index is -0.194. The van der Waals surface area contributed by atoms with Crippen LogP contribution in [0.5, 0.6) is 0 Å². The number of halogens is 1. The first-order chi connectivity index (χ1) is 16.3. The molecule has 0 aliphatic heterocycles. The van der Waals surface area contributed by atoms with Crippen molar-refractivity contribution in [3.63, 3.8) is 0 Å². The van der Waals surface area contributed by atoms with Crippen molar-refractivity contribution in [2.24, 2.45) is 0 Å². The maximum atomic E-state index is 3.93. The molecule has 0 radical (unpaired) electrons. The van der Waals surface area contributed by atoms with Gasteiger partial charge in [-0.1, -0.05) is 101 Å². The van der Waals surface area contributed by atoms with Gasteiger partial charge in [0, 0.05) is 31.4 Å². The van der Waals surface area contributed by atoms with Crippen molar-refractivity contribution < 1.29 is 0 Å². The van der Waals surface area contributed by atoms with Crippen molar-refractivity contribution in [1.29, 1.82) is 0 Å². The van der Waals surface area contributed by atoms with Gasteiger partial charge in [0.05, 0.1) is 5.41 Å². The van der Waals surface area contributed by atoms with Gasteiger partial charge in [-0.3, -0.25) is 0 Å². The Bertz CT molecular complexity index is 1660. The third kappa shape index (κ3) is 2.08. The van der Waals surface area contributed by atoms with E-state index in [1.807, 2.05) is 11.3 Å². The fourth-order valence-corrected chi connectivity index (χ4v) is 8.78. The fourth-order valence-electron chi connectivity index (χ4n) is 7.04. The average molecular weight is 503 g/mol. The van der Waals surface area contributed by atoms with Crippen LogP contribution in [-0.4, -0.2) is 0 Å². The summed E-state index contributed by atoms with van der Waals surface area (Å²) in [5, 5.41) is 1.42. The molecule has 4 aromatic carbocycles. The van der Waals surface area contributed by atoms with Gasteiger partial charge in [-0.15, -0.1) is 11.3 Å². The molecule has 0 saturated carbocycles. The first kappa shape index (κ1) is 18.5. The van der Waals surface area contributed by atoms with Gasteiger partial charge in [0.25, 0.3) is 0 Å². The third-order valence-corrected chi connectivity index (χ3v) is 9.87. The molecule has 1 aromatic heterocycles. The lowest BCUT2D eigenvalue weighted by atomic mass is 9.62. The number of allylic oxidation sites excluding steroid dienone is 1. The third-order valence-electron chi connectivity index (χ3n) is 8.06. The first-order valence-corrected chi connectivity index (χ1v) is 13.1. The van der Waals surface area contributed by atoms with Gasteiger partial charge in [0.1, 0.15) is 0 Å². The van der Waals surface area contributed by atoms with Crippen LogP contribution in [0.3, 0.4) is 0 Å². The largest absolute Gasteiger partial charge is 0.136 e. The maximum absolute atomic E-state index is 3.93. The summed E-state index contributed by atoms with van der Waals surface area (Å²) in [5.41, 5.74) is 9.89. The van der Waals surface area contributed by atoms with Crippen molar-refractivity contribution in [2.45, 2.75) is 17.3 Å². The van der Waals surface area contributed by atoms with Crippen LogP contribution < -0.4 is 0 Å². The normalized spacial score (nSPS) is 23.3. The van der Waals surface area contributed by atoms with E-state index in [-0.39, 0.29) is 5.41 Å². The molecule has 3 aliphatic rings. The predicted octanol–water partition coefficient (Wildman–Crippen LogP) is 8.89. The molecule has 0 fully saturated rings. The summed E-state index contributed by atoms with van der Waals surface area (Å²) >= 11 is 5.87. The van der Waals surface area contributed by atoms with E-state index >= 15 is 0 Å². The SMILES string of the molecule is Brc1cccc2c1-c1ccccc1C21c2ccccc2C2C=Cc3sc4ccccc4c3C21. The zero-order valence-corrected chi connectivity index (χ0v) is 20.2. The maximum Gasteiger partial charge on any atom is 0.0544 e. The summed E-state index contributed by atoms with van der Waals surface area (Å²) in [4.78, 5) is 1.42. The van der Waals surface area contributed by atoms with Crippen molar-refractivity contribution in [3.05, 3.63) is 134 Å². The molecule has 0 nitrogen and oxygen atoms in total. The monoisotopic (exact) mass is 502 g/mol. The van der Waals surface area contributed by atoms with E-state index < -0.39 is 0 Å². The highest BCUT2D eigenvalue weighted by Gasteiger charge is 2.59. The summed E-state index contributed by atoms with van der Waals surface area (Å²) in [7, 11) is 0. The number of fused-ring (bicyclic) bond motifs is 14. The highest BCUT2D eigenvalue weighted by molar-refractivity contribution is 9.10. The van der Waals surface area contributed by atoms with Crippen LogP contribution >= 0.6 is 27.3 Å². The standard InChI is InChI=1S/C31H19BrS/c32-25-14-7-13-24-28(25)20-9-2-5-12-23(20)31(24)22-11-4-1-8-18(22)19-16-17-27-29(30(19)31)21-10-3-6-15-26(21)33-27/h1-17,19,30H. The zero-order valence-electron chi connectivity index (χ0n) is 17.8. The van der Waals surface area contributed by atoms with Gasteiger partial charge < -0.3 is 0 Å². The van der Waals surface area contributed by atoms with Crippen LogP contribution in [0, 0.1) is 0 Å². The lowest BCUT2D eigenvalue weighted by molar-refractivity contribution is 0.503. The summed E-state index contributed by atoms with van der Waals surface area (Å²) in [6, 6.07) is 34.1. The second-order valence-electron chi connectivity index (χ2n) is 9.34. The molecule has 3 unspecified atom stereocenters. The quantitative estimate of drug-likeness (QED) is 0.198. The van der Waals surface area contributed by atoms with E-state index in [4.69, 9.17) is 0 Å². The fraction of sp³-hybridized carbons (Fsp3) is 0.0968. The lowest BCUT2D eigenvalue weighted by Gasteiger charge is -2.38. The number of hydrogen-bond acceptors (Lipinski definition) is 1. The molecular formula is C31H19BrS. The summed E-state index contributed by atoms with van der Waals surface area (Å²) < 4.78 is 2.58. The topological polar surface area (TPSA) is 0 Å². The van der Waals surface area contributed by atoms with Gasteiger partial charge in [0.2, 0.25) is 0 Å². The predicted molar refractivity (Wildman–Crippen MR) is 142 cm³/mol. The Kier molecular flexibility index (Phi) is 3.55. The summed E-state index contributed by atoms with van der Waals surface area (Å²) in [6.45, 7) is 0. The van der Waals surface area contributed by atoms with E-state index in [0.29, 0.717) is 11.8 Å². The van der Waals surface area contributed by atoms with Crippen LogP contribution in [0.1, 0.15) is 44.5 Å². The number of benzene rings is 4. The van der Waals surface area contributed by atoms with Crippen LogP contribution in [0.4, 0.5) is 0 Å². The van der Waals surface area contributed by atoms with Gasteiger partial charge in [-0.25, -0.2) is 0 Å². The van der Waals surface area contributed by atoms with Crippen molar-refractivity contribution in [2.75, 3.05) is 0 Å². The Labute approximate surface area is 205 Å². The van der Waals surface area contributed by atoms with E-state index in [2.05, 4.69) is 119 Å². The smallest absolute Gasteiger partial charge is 0.0544 e. The average Bonchev–Trinajstić information content (AvgIpc) is 3.48. The van der Waals surface area contributed by atoms with Crippen LogP contribution in [0.2, 0.25) is 0 Å². The van der Waals surface area contributed by atoms with Crippen molar-refractivity contribution in [3.8, 4) is 11.1 Å². The molecule has 33 heavy (non-hydrogen) atoms. The molecule has 156 valence electrons. The Balaban J connectivity index is 1.59. The highest BCUT2D eigenvalue weighted by Crippen LogP contribution is 2.70. The molecule has 0 N–H and O–H groups in total. The molecule has 5 aromatic rings. The Morgan fingerprint density at radius 2 is 1.48 bits per heavy atom. The highest BCUT2D eigenvalue weighted by atomic mass is 79.9. The van der Waals surface area contributed by atoms with Crippen LogP contribution in [-0.2, 0) is 5.41 Å². The number of hydrogen-bond donors (Lipinski definition) is 0. The van der Waals surface area contributed by atoms with Gasteiger partial charge in [0.15, 0.2) is 0 Å². The van der Waals surface area contributed by atoms with Crippen molar-refractivity contribution >= 4 is 43.4 Å². The van der Waals surface area contributed by atoms with E-state index in [1.165, 1.54) is 58.4 Å². The minimum absolute atomic E-state index is 0.194. The van der Waals surface area contributed by atoms with Gasteiger partial charge >= 0.3 is 0 Å². The second kappa shape index (κ2) is 6.34. The number of thiophene rings is 1. The van der Waals surface area contributed by atoms with Crippen LogP contribution in [0.15, 0.2) is 102 Å². The van der Waals surface area contributed by atoms with E-state index in [9.17, 15) is 0 Å². The van der Waals surface area contributed by atoms with Crippen molar-refractivity contribution in [1.82, 2.24) is 0 Å². The Morgan fingerprint density at radius 3 is 2.42 bits per heavy atom. The molecular weight excluding hydrogens is 484 g/mol. The Hall–Kier alpha value is -2.94. The molecule has 3 atom stereocenters. The molecule has 0 saturated heterocycles. The summed E-state index contributed by atoms with van der Waals surface area (Å²) in [6.07, 6.45) is 4.87. The Morgan fingerprint density at radius 1 is 0.727 bits per heavy atom. The lowest BCUT2D eigenvalue weighted by Crippen LogP contribution is -2.32.